The molecule has 1 rings (SSSR count). The minimum atomic E-state index is -0.859. The molecule has 5 heteroatoms. The molecule has 1 aromatic rings. The number of nitrogens with zero attached hydrogens (tertiary/aromatic N) is 2. The van der Waals surface area contributed by atoms with Crippen LogP contribution in [-0.4, -0.2) is 32.9 Å². The van der Waals surface area contributed by atoms with Gasteiger partial charge in [-0.15, -0.1) is 0 Å². The average Bonchev–Trinajstić information content (AvgIpc) is 2.70. The summed E-state index contributed by atoms with van der Waals surface area (Å²) in [6.45, 7) is 6.24. The quantitative estimate of drug-likeness (QED) is 0.804. The van der Waals surface area contributed by atoms with Gasteiger partial charge in [0.25, 0.3) is 5.91 Å². The molecule has 1 unspecified atom stereocenters. The van der Waals surface area contributed by atoms with Gasteiger partial charge in [-0.1, -0.05) is 13.8 Å². The number of carbonyl (C=O) groups is 1. The summed E-state index contributed by atoms with van der Waals surface area (Å²) in [5, 5.41) is 16.8. The van der Waals surface area contributed by atoms with Crippen LogP contribution in [0.15, 0.2) is 12.4 Å². The van der Waals surface area contributed by atoms with Crippen LogP contribution in [0.4, 0.5) is 0 Å². The number of rotatable bonds is 6. The predicted octanol–water partition coefficient (Wildman–Crippen LogP) is 1.34. The van der Waals surface area contributed by atoms with Crippen LogP contribution >= 0.6 is 0 Å². The van der Waals surface area contributed by atoms with Gasteiger partial charge >= 0.3 is 0 Å². The van der Waals surface area contributed by atoms with E-state index >= 15 is 0 Å². The maximum atomic E-state index is 11.8. The molecule has 5 nitrogen and oxygen atoms in total. The van der Waals surface area contributed by atoms with E-state index in [-0.39, 0.29) is 12.5 Å². The maximum Gasteiger partial charge on any atom is 0.254 e. The monoisotopic (exact) mass is 253 g/mol. The number of aliphatic hydroxyl groups is 1. The topological polar surface area (TPSA) is 67.2 Å². The Morgan fingerprint density at radius 3 is 2.78 bits per heavy atom. The van der Waals surface area contributed by atoms with E-state index < -0.39 is 5.60 Å². The van der Waals surface area contributed by atoms with E-state index in [0.29, 0.717) is 17.9 Å². The maximum absolute atomic E-state index is 11.8. The van der Waals surface area contributed by atoms with Crippen molar-refractivity contribution in [3.8, 4) is 0 Å². The van der Waals surface area contributed by atoms with Gasteiger partial charge in [0.15, 0.2) is 0 Å². The van der Waals surface area contributed by atoms with Gasteiger partial charge in [-0.2, -0.15) is 5.10 Å². The van der Waals surface area contributed by atoms with Crippen molar-refractivity contribution >= 4 is 5.91 Å². The third-order valence-corrected chi connectivity index (χ3v) is 2.86. The fourth-order valence-corrected chi connectivity index (χ4v) is 1.60. The highest BCUT2D eigenvalue weighted by Crippen LogP contribution is 2.15. The highest BCUT2D eigenvalue weighted by atomic mass is 16.3. The van der Waals surface area contributed by atoms with Crippen LogP contribution < -0.4 is 5.32 Å². The van der Waals surface area contributed by atoms with Gasteiger partial charge in [0.2, 0.25) is 0 Å². The molecule has 1 aromatic heterocycles. The predicted molar refractivity (Wildman–Crippen MR) is 70.2 cm³/mol. The summed E-state index contributed by atoms with van der Waals surface area (Å²) in [4.78, 5) is 11.8. The Bertz CT molecular complexity index is 397. The second-order valence-corrected chi connectivity index (χ2v) is 5.51. The first-order chi connectivity index (χ1) is 8.30. The summed E-state index contributed by atoms with van der Waals surface area (Å²) in [5.74, 6) is 0.346. The van der Waals surface area contributed by atoms with Crippen molar-refractivity contribution in [2.24, 2.45) is 13.0 Å². The molecule has 0 spiro atoms. The van der Waals surface area contributed by atoms with Gasteiger partial charge in [0, 0.05) is 19.8 Å². The summed E-state index contributed by atoms with van der Waals surface area (Å²) in [5.41, 5.74) is -0.348. The van der Waals surface area contributed by atoms with Crippen LogP contribution in [0.5, 0.6) is 0 Å². The van der Waals surface area contributed by atoms with Gasteiger partial charge < -0.3 is 10.4 Å². The van der Waals surface area contributed by atoms with Crippen molar-refractivity contribution in [2.75, 3.05) is 6.54 Å². The van der Waals surface area contributed by atoms with E-state index in [1.54, 1.807) is 24.9 Å². The van der Waals surface area contributed by atoms with Crippen molar-refractivity contribution in [1.82, 2.24) is 15.1 Å². The number of aryl methyl sites for hydroxylation is 1. The molecular weight excluding hydrogens is 230 g/mol. The summed E-state index contributed by atoms with van der Waals surface area (Å²) < 4.78 is 1.58. The Morgan fingerprint density at radius 1 is 1.61 bits per heavy atom. The molecule has 1 heterocycles. The van der Waals surface area contributed by atoms with E-state index in [4.69, 9.17) is 0 Å². The zero-order chi connectivity index (χ0) is 13.8. The highest BCUT2D eigenvalue weighted by Gasteiger charge is 2.21. The van der Waals surface area contributed by atoms with Crippen LogP contribution in [0.1, 0.15) is 44.0 Å². The summed E-state index contributed by atoms with van der Waals surface area (Å²) in [6.07, 6.45) is 4.78. The van der Waals surface area contributed by atoms with Crippen LogP contribution in [0.3, 0.4) is 0 Å². The summed E-state index contributed by atoms with van der Waals surface area (Å²) >= 11 is 0. The molecule has 0 aliphatic rings. The standard InChI is InChI=1S/C13H23N3O2/c1-10(2)5-6-13(3,18)9-14-12(17)11-7-15-16(4)8-11/h7-8,10,18H,5-6,9H2,1-4H3,(H,14,17). The van der Waals surface area contributed by atoms with Crippen LogP contribution in [0, 0.1) is 5.92 Å². The number of hydrogen-bond donors (Lipinski definition) is 2. The first-order valence-corrected chi connectivity index (χ1v) is 6.29. The number of hydrogen-bond acceptors (Lipinski definition) is 3. The van der Waals surface area contributed by atoms with Crippen molar-refractivity contribution < 1.29 is 9.90 Å². The molecule has 0 saturated heterocycles. The Morgan fingerprint density at radius 2 is 2.28 bits per heavy atom. The normalized spacial score (nSPS) is 14.6. The van der Waals surface area contributed by atoms with Gasteiger partial charge in [-0.25, -0.2) is 0 Å². The van der Waals surface area contributed by atoms with Crippen LogP contribution in [-0.2, 0) is 7.05 Å². The van der Waals surface area contributed by atoms with E-state index in [2.05, 4.69) is 24.3 Å². The lowest BCUT2D eigenvalue weighted by molar-refractivity contribution is 0.0429. The average molecular weight is 253 g/mol. The van der Waals surface area contributed by atoms with Crippen molar-refractivity contribution in [1.29, 1.82) is 0 Å². The SMILES string of the molecule is CC(C)CCC(C)(O)CNC(=O)c1cnn(C)c1. The fraction of sp³-hybridized carbons (Fsp3) is 0.692. The molecule has 0 aliphatic heterocycles. The summed E-state index contributed by atoms with van der Waals surface area (Å²) in [6, 6.07) is 0. The van der Waals surface area contributed by atoms with E-state index in [0.717, 1.165) is 6.42 Å². The lowest BCUT2D eigenvalue weighted by atomic mass is 9.95. The lowest BCUT2D eigenvalue weighted by Gasteiger charge is -2.24. The number of amides is 1. The molecule has 0 radical (unpaired) electrons. The van der Waals surface area contributed by atoms with Crippen molar-refractivity contribution in [3.05, 3.63) is 18.0 Å². The fourth-order valence-electron chi connectivity index (χ4n) is 1.60. The zero-order valence-electron chi connectivity index (χ0n) is 11.6. The molecule has 0 aliphatic carbocycles. The Labute approximate surface area is 108 Å². The molecule has 1 amide bonds. The Kier molecular flexibility index (Phi) is 4.90. The zero-order valence-corrected chi connectivity index (χ0v) is 11.6. The molecular formula is C13H23N3O2. The molecule has 0 fully saturated rings. The van der Waals surface area contributed by atoms with Gasteiger partial charge in [-0.3, -0.25) is 9.48 Å². The number of nitrogens with one attached hydrogen (secondary N) is 1. The smallest absolute Gasteiger partial charge is 0.254 e. The Hall–Kier alpha value is -1.36. The van der Waals surface area contributed by atoms with Gasteiger partial charge in [-0.05, 0) is 25.7 Å². The van der Waals surface area contributed by atoms with Crippen LogP contribution in [0.2, 0.25) is 0 Å². The van der Waals surface area contributed by atoms with Crippen molar-refractivity contribution in [2.45, 2.75) is 39.2 Å². The largest absolute Gasteiger partial charge is 0.388 e. The first-order valence-electron chi connectivity index (χ1n) is 6.29. The molecule has 102 valence electrons. The third-order valence-electron chi connectivity index (χ3n) is 2.86. The number of carbonyl (C=O) groups excluding carboxylic acids is 1. The molecule has 0 bridgehead atoms. The Balaban J connectivity index is 2.42. The van der Waals surface area contributed by atoms with Crippen LogP contribution in [0.25, 0.3) is 0 Å². The molecule has 18 heavy (non-hydrogen) atoms. The molecule has 1 atom stereocenters. The second-order valence-electron chi connectivity index (χ2n) is 5.51. The van der Waals surface area contributed by atoms with E-state index in [1.165, 1.54) is 6.20 Å². The minimum Gasteiger partial charge on any atom is -0.388 e. The molecule has 0 saturated carbocycles. The third kappa shape index (κ3) is 4.87. The van der Waals surface area contributed by atoms with E-state index in [1.807, 2.05) is 0 Å². The van der Waals surface area contributed by atoms with Crippen molar-refractivity contribution in [3.63, 3.8) is 0 Å². The number of aromatic nitrogens is 2. The lowest BCUT2D eigenvalue weighted by Crippen LogP contribution is -2.40. The second kappa shape index (κ2) is 6.00. The minimum absolute atomic E-state index is 0.201. The van der Waals surface area contributed by atoms with E-state index in [9.17, 15) is 9.90 Å². The summed E-state index contributed by atoms with van der Waals surface area (Å²) in [7, 11) is 1.76. The molecule has 2 N–H and O–H groups in total. The van der Waals surface area contributed by atoms with Gasteiger partial charge in [0.1, 0.15) is 0 Å². The highest BCUT2D eigenvalue weighted by molar-refractivity contribution is 5.93. The molecule has 0 aromatic carbocycles. The van der Waals surface area contributed by atoms with Gasteiger partial charge in [0.05, 0.1) is 17.4 Å². The first kappa shape index (κ1) is 14.7.